The van der Waals surface area contributed by atoms with Gasteiger partial charge in [-0.3, -0.25) is 0 Å². The van der Waals surface area contributed by atoms with Gasteiger partial charge >= 0.3 is 0 Å². The largest absolute Gasteiger partial charge is 0.492 e. The van der Waals surface area contributed by atoms with Crippen LogP contribution >= 0.6 is 10.7 Å². The molecule has 0 aliphatic rings. The van der Waals surface area contributed by atoms with Gasteiger partial charge in [0.2, 0.25) is 11.7 Å². The molecule has 0 fully saturated rings. The van der Waals surface area contributed by atoms with E-state index in [1.807, 2.05) is 6.92 Å². The molecule has 1 heterocycles. The molecule has 0 aliphatic heterocycles. The first-order valence-corrected chi connectivity index (χ1v) is 8.81. The third kappa shape index (κ3) is 3.74. The van der Waals surface area contributed by atoms with Crippen molar-refractivity contribution in [2.45, 2.75) is 31.6 Å². The summed E-state index contributed by atoms with van der Waals surface area (Å²) >= 11 is 0. The molecule has 8 heteroatoms. The predicted molar refractivity (Wildman–Crippen MR) is 77.9 cm³/mol. The van der Waals surface area contributed by atoms with Crippen LogP contribution in [0.5, 0.6) is 5.75 Å². The monoisotopic (exact) mass is 330 g/mol. The standard InChI is InChI=1S/C13H15ClN2O4S/c1-3-5-12-15-13(16-20-12)9-6-7-10(19-4-2)11(8-9)21(14,17)18/h6-8H,3-5H2,1-2H3. The predicted octanol–water partition coefficient (Wildman–Crippen LogP) is 3.02. The minimum absolute atomic E-state index is 0.106. The lowest BCUT2D eigenvalue weighted by Crippen LogP contribution is -2.00. The van der Waals surface area contributed by atoms with Gasteiger partial charge in [-0.05, 0) is 31.5 Å². The van der Waals surface area contributed by atoms with E-state index >= 15 is 0 Å². The molecule has 0 N–H and O–H groups in total. The van der Waals surface area contributed by atoms with Gasteiger partial charge in [-0.1, -0.05) is 12.1 Å². The Hall–Kier alpha value is -1.60. The summed E-state index contributed by atoms with van der Waals surface area (Å²) in [5.74, 6) is 1.04. The average Bonchev–Trinajstić information content (AvgIpc) is 2.87. The zero-order valence-electron chi connectivity index (χ0n) is 11.7. The Morgan fingerprint density at radius 1 is 1.33 bits per heavy atom. The second kappa shape index (κ2) is 6.44. The molecule has 2 rings (SSSR count). The van der Waals surface area contributed by atoms with E-state index < -0.39 is 9.05 Å². The maximum absolute atomic E-state index is 11.6. The van der Waals surface area contributed by atoms with Crippen molar-refractivity contribution in [2.75, 3.05) is 6.61 Å². The third-order valence-electron chi connectivity index (χ3n) is 2.70. The molecular formula is C13H15ClN2O4S. The van der Waals surface area contributed by atoms with Crippen LogP contribution in [0.15, 0.2) is 27.6 Å². The zero-order chi connectivity index (χ0) is 15.5. The average molecular weight is 331 g/mol. The molecule has 0 radical (unpaired) electrons. The van der Waals surface area contributed by atoms with Gasteiger partial charge in [-0.15, -0.1) is 0 Å². The molecule has 114 valence electrons. The van der Waals surface area contributed by atoms with Gasteiger partial charge in [0.25, 0.3) is 9.05 Å². The molecule has 21 heavy (non-hydrogen) atoms. The van der Waals surface area contributed by atoms with Crippen LogP contribution in [0.4, 0.5) is 0 Å². The van der Waals surface area contributed by atoms with Crippen molar-refractivity contribution in [3.8, 4) is 17.1 Å². The van der Waals surface area contributed by atoms with E-state index in [0.717, 1.165) is 6.42 Å². The van der Waals surface area contributed by atoms with Crippen LogP contribution in [0.25, 0.3) is 11.4 Å². The fourth-order valence-corrected chi connectivity index (χ4v) is 2.80. The van der Waals surface area contributed by atoms with E-state index in [-0.39, 0.29) is 10.6 Å². The molecule has 0 spiro atoms. The van der Waals surface area contributed by atoms with E-state index in [1.54, 1.807) is 13.0 Å². The molecule has 1 aromatic carbocycles. The Bertz CT molecular complexity index is 728. The van der Waals surface area contributed by atoms with Crippen molar-refractivity contribution in [3.63, 3.8) is 0 Å². The number of halogens is 1. The number of aromatic nitrogens is 2. The third-order valence-corrected chi connectivity index (χ3v) is 4.04. The van der Waals surface area contributed by atoms with Gasteiger partial charge < -0.3 is 9.26 Å². The topological polar surface area (TPSA) is 82.3 Å². The molecule has 2 aromatic rings. The Morgan fingerprint density at radius 2 is 2.10 bits per heavy atom. The number of rotatable bonds is 6. The molecule has 0 saturated carbocycles. The highest BCUT2D eigenvalue weighted by Crippen LogP contribution is 2.31. The lowest BCUT2D eigenvalue weighted by atomic mass is 10.2. The number of hydrogen-bond donors (Lipinski definition) is 0. The highest BCUT2D eigenvalue weighted by molar-refractivity contribution is 8.13. The number of aryl methyl sites for hydroxylation is 1. The van der Waals surface area contributed by atoms with Crippen molar-refractivity contribution >= 4 is 19.7 Å². The fraction of sp³-hybridized carbons (Fsp3) is 0.385. The van der Waals surface area contributed by atoms with Gasteiger partial charge in [0.15, 0.2) is 0 Å². The van der Waals surface area contributed by atoms with Gasteiger partial charge in [-0.2, -0.15) is 4.98 Å². The first-order valence-electron chi connectivity index (χ1n) is 6.50. The molecule has 0 atom stereocenters. The van der Waals surface area contributed by atoms with Crippen molar-refractivity contribution < 1.29 is 17.7 Å². The molecule has 0 bridgehead atoms. The quantitative estimate of drug-likeness (QED) is 0.757. The minimum atomic E-state index is -3.93. The van der Waals surface area contributed by atoms with Crippen molar-refractivity contribution in [3.05, 3.63) is 24.1 Å². The van der Waals surface area contributed by atoms with Crippen molar-refractivity contribution in [1.29, 1.82) is 0 Å². The van der Waals surface area contributed by atoms with Crippen LogP contribution < -0.4 is 4.74 Å². The lowest BCUT2D eigenvalue weighted by molar-refractivity contribution is 0.331. The highest BCUT2D eigenvalue weighted by Gasteiger charge is 2.19. The smallest absolute Gasteiger partial charge is 0.265 e. The summed E-state index contributed by atoms with van der Waals surface area (Å²) in [5.41, 5.74) is 0.504. The number of hydrogen-bond acceptors (Lipinski definition) is 6. The molecule has 0 unspecified atom stereocenters. The summed E-state index contributed by atoms with van der Waals surface area (Å²) in [5, 5.41) is 3.84. The number of ether oxygens (including phenoxy) is 1. The minimum Gasteiger partial charge on any atom is -0.492 e. The van der Waals surface area contributed by atoms with Gasteiger partial charge in [0, 0.05) is 22.7 Å². The highest BCUT2D eigenvalue weighted by atomic mass is 35.7. The summed E-state index contributed by atoms with van der Waals surface area (Å²) in [6, 6.07) is 4.58. The second-order valence-corrected chi connectivity index (χ2v) is 6.83. The first kappa shape index (κ1) is 15.8. The zero-order valence-corrected chi connectivity index (χ0v) is 13.2. The van der Waals surface area contributed by atoms with E-state index in [9.17, 15) is 8.42 Å². The van der Waals surface area contributed by atoms with Crippen LogP contribution in [0.2, 0.25) is 0 Å². The Labute approximate surface area is 127 Å². The van der Waals surface area contributed by atoms with Crippen LogP contribution in [0.3, 0.4) is 0 Å². The van der Waals surface area contributed by atoms with E-state index in [1.165, 1.54) is 12.1 Å². The molecule has 1 aromatic heterocycles. The summed E-state index contributed by atoms with van der Waals surface area (Å²) in [4.78, 5) is 4.11. The number of nitrogens with zero attached hydrogens (tertiary/aromatic N) is 2. The summed E-state index contributed by atoms with van der Waals surface area (Å²) in [7, 11) is 1.51. The summed E-state index contributed by atoms with van der Waals surface area (Å²) < 4.78 is 33.6. The normalized spacial score (nSPS) is 11.6. The Balaban J connectivity index is 2.45. The molecule has 6 nitrogen and oxygen atoms in total. The molecular weight excluding hydrogens is 316 g/mol. The number of benzene rings is 1. The summed E-state index contributed by atoms with van der Waals surface area (Å²) in [6.07, 6.45) is 1.55. The van der Waals surface area contributed by atoms with Gasteiger partial charge in [0.1, 0.15) is 10.6 Å². The molecule has 0 amide bonds. The first-order chi connectivity index (χ1) is 9.95. The van der Waals surface area contributed by atoms with Crippen LogP contribution in [-0.2, 0) is 15.5 Å². The molecule has 0 saturated heterocycles. The Morgan fingerprint density at radius 3 is 2.71 bits per heavy atom. The van der Waals surface area contributed by atoms with Crippen molar-refractivity contribution in [1.82, 2.24) is 10.1 Å². The lowest BCUT2D eigenvalue weighted by Gasteiger charge is -2.08. The molecule has 0 aliphatic carbocycles. The van der Waals surface area contributed by atoms with Crippen LogP contribution in [-0.4, -0.2) is 25.2 Å². The maximum atomic E-state index is 11.6. The SMILES string of the molecule is CCCc1nc(-c2ccc(OCC)c(S(=O)(=O)Cl)c2)no1. The van der Waals surface area contributed by atoms with Gasteiger partial charge in [0.05, 0.1) is 6.61 Å². The van der Waals surface area contributed by atoms with E-state index in [4.69, 9.17) is 19.9 Å². The second-order valence-electron chi connectivity index (χ2n) is 4.29. The van der Waals surface area contributed by atoms with Crippen LogP contribution in [0, 0.1) is 0 Å². The van der Waals surface area contributed by atoms with Crippen molar-refractivity contribution in [2.24, 2.45) is 0 Å². The summed E-state index contributed by atoms with van der Waals surface area (Å²) in [6.45, 7) is 4.09. The fourth-order valence-electron chi connectivity index (χ4n) is 1.80. The maximum Gasteiger partial charge on any atom is 0.265 e. The van der Waals surface area contributed by atoms with Crippen LogP contribution in [0.1, 0.15) is 26.2 Å². The van der Waals surface area contributed by atoms with Gasteiger partial charge in [-0.25, -0.2) is 8.42 Å². The Kier molecular flexibility index (Phi) is 4.84. The van der Waals surface area contributed by atoms with E-state index in [0.29, 0.717) is 30.3 Å². The van der Waals surface area contributed by atoms with E-state index in [2.05, 4.69) is 10.1 Å².